The van der Waals surface area contributed by atoms with Gasteiger partial charge in [-0.05, 0) is 67.3 Å². The van der Waals surface area contributed by atoms with Gasteiger partial charge in [-0.15, -0.1) is 0 Å². The molecule has 2 aromatic carbocycles. The van der Waals surface area contributed by atoms with E-state index >= 15 is 0 Å². The summed E-state index contributed by atoms with van der Waals surface area (Å²) in [5.41, 5.74) is -0.323. The Kier molecular flexibility index (Phi) is 5.83. The smallest absolute Gasteiger partial charge is 0.295 e. The normalized spacial score (nSPS) is 24.9. The van der Waals surface area contributed by atoms with Gasteiger partial charge >= 0.3 is 0 Å². The van der Waals surface area contributed by atoms with Gasteiger partial charge in [-0.1, -0.05) is 18.5 Å². The number of rotatable bonds is 7. The molecule has 1 unspecified atom stereocenters. The summed E-state index contributed by atoms with van der Waals surface area (Å²) in [6.45, 7) is 2.02. The molecule has 2 N–H and O–H groups in total. The van der Waals surface area contributed by atoms with Gasteiger partial charge in [0.1, 0.15) is 0 Å². The first-order valence-corrected chi connectivity index (χ1v) is 10.6. The molecule has 2 aliphatic carbocycles. The molecule has 0 bridgehead atoms. The molecule has 1 amide bonds. The Morgan fingerprint density at radius 1 is 1.19 bits per heavy atom. The molecule has 4 rings (SSSR count). The number of nitro benzene ring substituents is 1. The average molecular weight is 450 g/mol. The van der Waals surface area contributed by atoms with Gasteiger partial charge in [0.2, 0.25) is 0 Å². The maximum absolute atomic E-state index is 14.2. The zero-order valence-corrected chi connectivity index (χ0v) is 17.5. The van der Waals surface area contributed by atoms with E-state index < -0.39 is 27.9 Å². The van der Waals surface area contributed by atoms with E-state index in [1.54, 1.807) is 24.3 Å². The van der Waals surface area contributed by atoms with Gasteiger partial charge in [0.05, 0.1) is 4.92 Å². The Labute approximate surface area is 183 Å². The molecule has 6 nitrogen and oxygen atoms in total. The second-order valence-electron chi connectivity index (χ2n) is 8.23. The van der Waals surface area contributed by atoms with Crippen LogP contribution in [0.25, 0.3) is 0 Å². The van der Waals surface area contributed by atoms with E-state index in [0.29, 0.717) is 41.2 Å². The van der Waals surface area contributed by atoms with Crippen LogP contribution in [0.2, 0.25) is 5.02 Å². The Balaban J connectivity index is 1.38. The largest absolute Gasteiger partial charge is 0.374 e. The summed E-state index contributed by atoms with van der Waals surface area (Å²) in [6, 6.07) is 8.27. The van der Waals surface area contributed by atoms with Gasteiger partial charge in [0.15, 0.2) is 17.3 Å². The summed E-state index contributed by atoms with van der Waals surface area (Å²) in [4.78, 5) is 23.0. The predicted octanol–water partition coefficient (Wildman–Crippen LogP) is 5.17. The number of fused-ring (bicyclic) bond motifs is 1. The minimum atomic E-state index is -1.23. The average Bonchev–Trinajstić information content (AvgIpc) is 3.23. The van der Waals surface area contributed by atoms with Crippen molar-refractivity contribution in [2.45, 2.75) is 38.3 Å². The molecule has 0 radical (unpaired) electrons. The highest BCUT2D eigenvalue weighted by Crippen LogP contribution is 2.60. The van der Waals surface area contributed by atoms with Crippen molar-refractivity contribution in [3.05, 3.63) is 68.7 Å². The lowest BCUT2D eigenvalue weighted by Gasteiger charge is -2.23. The summed E-state index contributed by atoms with van der Waals surface area (Å²) in [7, 11) is 0. The highest BCUT2D eigenvalue weighted by molar-refractivity contribution is 6.30. The molecule has 5 atom stereocenters. The summed E-state index contributed by atoms with van der Waals surface area (Å²) >= 11 is 5.87. The molecule has 0 saturated heterocycles. The van der Waals surface area contributed by atoms with Crippen molar-refractivity contribution in [1.82, 2.24) is 5.32 Å². The molecule has 0 aliphatic heterocycles. The molecule has 0 spiro atoms. The fourth-order valence-corrected chi connectivity index (χ4v) is 5.09. The highest BCUT2D eigenvalue weighted by atomic mass is 35.5. The van der Waals surface area contributed by atoms with E-state index in [-0.39, 0.29) is 18.0 Å². The third kappa shape index (κ3) is 4.21. The van der Waals surface area contributed by atoms with Crippen LogP contribution in [0.5, 0.6) is 0 Å². The third-order valence-corrected chi connectivity index (χ3v) is 6.71. The van der Waals surface area contributed by atoms with Gasteiger partial charge in [0, 0.05) is 28.7 Å². The van der Waals surface area contributed by atoms with Gasteiger partial charge in [-0.2, -0.15) is 0 Å². The number of nitrogens with zero attached hydrogens (tertiary/aromatic N) is 1. The molecule has 2 aromatic rings. The molecular weight excluding hydrogens is 428 g/mol. The Morgan fingerprint density at radius 3 is 2.42 bits per heavy atom. The summed E-state index contributed by atoms with van der Waals surface area (Å²) < 4.78 is 27.8. The molecule has 2 aliphatic rings. The Bertz CT molecular complexity index is 1010. The van der Waals surface area contributed by atoms with Crippen molar-refractivity contribution in [2.24, 2.45) is 17.8 Å². The third-order valence-electron chi connectivity index (χ3n) is 6.46. The van der Waals surface area contributed by atoms with Crippen LogP contribution in [-0.2, 0) is 0 Å². The maximum Gasteiger partial charge on any atom is 0.295 e. The minimum absolute atomic E-state index is 0.0133. The number of carbonyl (C=O) groups is 1. The molecule has 0 aromatic heterocycles. The van der Waals surface area contributed by atoms with Crippen LogP contribution < -0.4 is 10.6 Å². The first-order valence-electron chi connectivity index (χ1n) is 10.3. The molecule has 164 valence electrons. The number of halogens is 3. The molecule has 2 saturated carbocycles. The summed E-state index contributed by atoms with van der Waals surface area (Å²) in [5.74, 6) is -1.52. The Hall–Kier alpha value is -2.74. The molecule has 31 heavy (non-hydrogen) atoms. The molecular formula is C22H22ClF2N3O3. The van der Waals surface area contributed by atoms with Crippen LogP contribution in [0.4, 0.5) is 20.2 Å². The number of carbonyl (C=O) groups excluding carboxylic acids is 1. The number of amides is 1. The van der Waals surface area contributed by atoms with Crippen LogP contribution in [0.1, 0.15) is 36.5 Å². The number of nitrogens with one attached hydrogen (secondary N) is 2. The molecule has 2 fully saturated rings. The van der Waals surface area contributed by atoms with Crippen molar-refractivity contribution in [1.29, 1.82) is 0 Å². The summed E-state index contributed by atoms with van der Waals surface area (Å²) in [5, 5.41) is 17.7. The number of nitro groups is 1. The van der Waals surface area contributed by atoms with Gasteiger partial charge < -0.3 is 10.6 Å². The summed E-state index contributed by atoms with van der Waals surface area (Å²) in [6.07, 6.45) is 2.16. The Morgan fingerprint density at radius 2 is 1.84 bits per heavy atom. The van der Waals surface area contributed by atoms with Gasteiger partial charge in [0.25, 0.3) is 11.6 Å². The number of anilines is 1. The fourth-order valence-electron chi connectivity index (χ4n) is 4.96. The molecule has 0 heterocycles. The second kappa shape index (κ2) is 8.42. The minimum Gasteiger partial charge on any atom is -0.374 e. The monoisotopic (exact) mass is 449 g/mol. The quantitative estimate of drug-likeness (QED) is 0.451. The second-order valence-corrected chi connectivity index (χ2v) is 8.66. The number of hydrogen-bond donors (Lipinski definition) is 2. The lowest BCUT2D eigenvalue weighted by atomic mass is 9.98. The van der Waals surface area contributed by atoms with Crippen molar-refractivity contribution < 1.29 is 18.5 Å². The standard InChI is InChI=1S/C22H22ClF2N3O3/c1-2-17(27-22(29)11-3-5-12(23)6-4-11)19-14-9-13(10-15(14)19)26-21-18(28(30)31)8-7-16(24)20(21)25/h3-8,13-15,17,19,26H,2,9-10H2,1H3,(H,27,29)/t13-,14-,15+,17?,19+. The maximum atomic E-state index is 14.2. The van der Waals surface area contributed by atoms with E-state index in [2.05, 4.69) is 10.6 Å². The fraction of sp³-hybridized carbons (Fsp3) is 0.409. The lowest BCUT2D eigenvalue weighted by Crippen LogP contribution is -2.38. The van der Waals surface area contributed by atoms with Crippen LogP contribution in [0.3, 0.4) is 0 Å². The van der Waals surface area contributed by atoms with Crippen LogP contribution in [-0.4, -0.2) is 22.9 Å². The van der Waals surface area contributed by atoms with Crippen LogP contribution in [0, 0.1) is 39.5 Å². The highest BCUT2D eigenvalue weighted by Gasteiger charge is 2.58. The van der Waals surface area contributed by atoms with Gasteiger partial charge in [-0.3, -0.25) is 14.9 Å². The van der Waals surface area contributed by atoms with E-state index in [9.17, 15) is 23.7 Å². The molecule has 9 heteroatoms. The van der Waals surface area contributed by atoms with Crippen LogP contribution >= 0.6 is 11.6 Å². The van der Waals surface area contributed by atoms with Crippen molar-refractivity contribution in [3.63, 3.8) is 0 Å². The zero-order chi connectivity index (χ0) is 22.3. The SMILES string of the molecule is CCC(NC(=O)c1ccc(Cl)cc1)[C@H]1[C@@H]2C[C@@H](Nc3c([N+](=O)[O-])ccc(F)c3F)C[C@@H]21. The first kappa shape index (κ1) is 21.5. The van der Waals surface area contributed by atoms with Crippen molar-refractivity contribution >= 4 is 28.9 Å². The van der Waals surface area contributed by atoms with Crippen molar-refractivity contribution in [3.8, 4) is 0 Å². The van der Waals surface area contributed by atoms with E-state index in [0.717, 1.165) is 18.6 Å². The van der Waals surface area contributed by atoms with E-state index in [1.807, 2.05) is 6.92 Å². The topological polar surface area (TPSA) is 84.3 Å². The lowest BCUT2D eigenvalue weighted by molar-refractivity contribution is -0.384. The van der Waals surface area contributed by atoms with Crippen LogP contribution in [0.15, 0.2) is 36.4 Å². The predicted molar refractivity (Wildman–Crippen MR) is 113 cm³/mol. The van der Waals surface area contributed by atoms with E-state index in [4.69, 9.17) is 11.6 Å². The number of benzene rings is 2. The zero-order valence-electron chi connectivity index (χ0n) is 16.8. The van der Waals surface area contributed by atoms with Crippen molar-refractivity contribution in [2.75, 3.05) is 5.32 Å². The number of hydrogen-bond acceptors (Lipinski definition) is 4. The van der Waals surface area contributed by atoms with Gasteiger partial charge in [-0.25, -0.2) is 8.78 Å². The van der Waals surface area contributed by atoms with E-state index in [1.165, 1.54) is 0 Å². The first-order chi connectivity index (χ1) is 14.8.